The van der Waals surface area contributed by atoms with Gasteiger partial charge in [-0.15, -0.1) is 21.5 Å². The summed E-state index contributed by atoms with van der Waals surface area (Å²) in [6.45, 7) is 3.78. The smallest absolute Gasteiger partial charge is 0.261 e. The number of anilines is 1. The van der Waals surface area contributed by atoms with E-state index in [1.54, 1.807) is 30.3 Å². The molecule has 0 unspecified atom stereocenters. The van der Waals surface area contributed by atoms with Gasteiger partial charge in [0.2, 0.25) is 5.89 Å². The maximum Gasteiger partial charge on any atom is 0.261 e. The molecule has 6 nitrogen and oxygen atoms in total. The Bertz CT molecular complexity index is 1020. The van der Waals surface area contributed by atoms with E-state index in [4.69, 9.17) is 4.42 Å². The van der Waals surface area contributed by atoms with Crippen LogP contribution in [0.4, 0.5) is 5.69 Å². The number of nitrogens with zero attached hydrogens (tertiary/aromatic N) is 2. The van der Waals surface area contributed by atoms with Gasteiger partial charge >= 0.3 is 0 Å². The minimum Gasteiger partial charge on any atom is -0.420 e. The summed E-state index contributed by atoms with van der Waals surface area (Å²) in [6.07, 6.45) is 2.18. The predicted octanol–water partition coefficient (Wildman–Crippen LogP) is 4.09. The fourth-order valence-corrected chi connectivity index (χ4v) is 4.51. The number of thiophene rings is 1. The summed E-state index contributed by atoms with van der Waals surface area (Å²) in [5.41, 5.74) is 1.54. The molecular formula is C17H17N3O3S2. The lowest BCUT2D eigenvalue weighted by Gasteiger charge is -2.07. The third-order valence-corrected chi connectivity index (χ3v) is 6.49. The van der Waals surface area contributed by atoms with Crippen molar-refractivity contribution in [1.29, 1.82) is 0 Å². The molecule has 0 bridgehead atoms. The van der Waals surface area contributed by atoms with E-state index in [2.05, 4.69) is 14.9 Å². The van der Waals surface area contributed by atoms with Crippen molar-refractivity contribution in [2.24, 2.45) is 0 Å². The predicted molar refractivity (Wildman–Crippen MR) is 96.3 cm³/mol. The third kappa shape index (κ3) is 3.32. The normalized spacial score (nSPS) is 14.6. The molecule has 4 rings (SSSR count). The number of nitrogens with one attached hydrogen (secondary N) is 1. The van der Waals surface area contributed by atoms with Crippen LogP contribution in [0.3, 0.4) is 0 Å². The molecule has 1 fully saturated rings. The number of aromatic nitrogens is 2. The summed E-state index contributed by atoms with van der Waals surface area (Å²) in [5, 5.41) is 8.16. The highest BCUT2D eigenvalue weighted by Gasteiger charge is 2.30. The first kappa shape index (κ1) is 16.3. The Balaban J connectivity index is 1.60. The van der Waals surface area contributed by atoms with Gasteiger partial charge in [0, 0.05) is 10.8 Å². The lowest BCUT2D eigenvalue weighted by molar-refractivity contribution is 0.509. The van der Waals surface area contributed by atoms with Crippen LogP contribution in [0.5, 0.6) is 0 Å². The number of benzene rings is 1. The van der Waals surface area contributed by atoms with Gasteiger partial charge in [-0.1, -0.05) is 17.7 Å². The van der Waals surface area contributed by atoms with Crippen LogP contribution in [0.1, 0.15) is 35.1 Å². The number of sulfonamides is 1. The van der Waals surface area contributed by atoms with E-state index in [0.717, 1.165) is 28.2 Å². The zero-order valence-electron chi connectivity index (χ0n) is 13.8. The minimum atomic E-state index is -3.63. The van der Waals surface area contributed by atoms with Gasteiger partial charge in [-0.25, -0.2) is 8.42 Å². The van der Waals surface area contributed by atoms with Crippen LogP contribution in [0.15, 0.2) is 39.6 Å². The highest BCUT2D eigenvalue weighted by Crippen LogP contribution is 2.41. The maximum absolute atomic E-state index is 12.6. The van der Waals surface area contributed by atoms with Gasteiger partial charge in [0.25, 0.3) is 15.9 Å². The number of hydrogen-bond donors (Lipinski definition) is 1. The van der Waals surface area contributed by atoms with Crippen molar-refractivity contribution in [3.05, 3.63) is 46.7 Å². The Morgan fingerprint density at radius 3 is 2.56 bits per heavy atom. The molecule has 0 amide bonds. The van der Waals surface area contributed by atoms with Crippen molar-refractivity contribution in [2.45, 2.75) is 37.5 Å². The summed E-state index contributed by atoms with van der Waals surface area (Å²) < 4.78 is 33.5. The van der Waals surface area contributed by atoms with E-state index in [1.807, 2.05) is 13.8 Å². The Labute approximate surface area is 150 Å². The van der Waals surface area contributed by atoms with E-state index in [-0.39, 0.29) is 4.90 Å². The van der Waals surface area contributed by atoms with Crippen LogP contribution in [0.25, 0.3) is 10.8 Å². The minimum absolute atomic E-state index is 0.235. The van der Waals surface area contributed by atoms with Crippen molar-refractivity contribution in [3.63, 3.8) is 0 Å². The second-order valence-corrected chi connectivity index (χ2v) is 9.16. The first-order valence-electron chi connectivity index (χ1n) is 7.96. The highest BCUT2D eigenvalue weighted by molar-refractivity contribution is 7.92. The van der Waals surface area contributed by atoms with Gasteiger partial charge < -0.3 is 4.42 Å². The molecule has 0 aliphatic heterocycles. The highest BCUT2D eigenvalue weighted by atomic mass is 32.2. The second kappa shape index (κ2) is 5.96. The topological polar surface area (TPSA) is 85.1 Å². The van der Waals surface area contributed by atoms with Crippen molar-refractivity contribution in [1.82, 2.24) is 10.2 Å². The van der Waals surface area contributed by atoms with Crippen LogP contribution in [-0.4, -0.2) is 18.6 Å². The Morgan fingerprint density at radius 2 is 1.88 bits per heavy atom. The molecule has 1 saturated carbocycles. The van der Waals surface area contributed by atoms with Gasteiger partial charge in [0.1, 0.15) is 0 Å². The van der Waals surface area contributed by atoms with Crippen LogP contribution < -0.4 is 4.72 Å². The molecule has 0 atom stereocenters. The number of rotatable bonds is 5. The number of hydrogen-bond acceptors (Lipinski definition) is 6. The molecule has 130 valence electrons. The summed E-state index contributed by atoms with van der Waals surface area (Å²) in [5.74, 6) is 1.50. The second-order valence-electron chi connectivity index (χ2n) is 6.22. The molecule has 0 radical (unpaired) electrons. The van der Waals surface area contributed by atoms with Crippen LogP contribution in [-0.2, 0) is 10.0 Å². The Kier molecular flexibility index (Phi) is 3.88. The molecule has 1 aliphatic carbocycles. The van der Waals surface area contributed by atoms with E-state index in [9.17, 15) is 8.42 Å². The van der Waals surface area contributed by atoms with Gasteiger partial charge in [-0.2, -0.15) is 0 Å². The summed E-state index contributed by atoms with van der Waals surface area (Å²) in [7, 11) is -3.63. The zero-order chi connectivity index (χ0) is 17.6. The van der Waals surface area contributed by atoms with Crippen molar-refractivity contribution in [2.75, 3.05) is 4.72 Å². The van der Waals surface area contributed by atoms with Crippen molar-refractivity contribution >= 4 is 27.0 Å². The van der Waals surface area contributed by atoms with E-state index >= 15 is 0 Å². The molecule has 3 aromatic rings. The fourth-order valence-electron chi connectivity index (χ4n) is 2.44. The lowest BCUT2D eigenvalue weighted by atomic mass is 10.2. The average Bonchev–Trinajstić information content (AvgIpc) is 3.19. The zero-order valence-corrected chi connectivity index (χ0v) is 15.4. The molecule has 2 heterocycles. The molecule has 1 N–H and O–H groups in total. The van der Waals surface area contributed by atoms with Crippen molar-refractivity contribution < 1.29 is 12.8 Å². The standard InChI is InChI=1S/C17H17N3O3S2/c1-10-3-7-13(8-4-10)25(21,22)20-14-9-15(24-11(14)2)17-19-18-16(23-17)12-5-6-12/h3-4,7-9,12,20H,5-6H2,1-2H3. The van der Waals surface area contributed by atoms with E-state index in [0.29, 0.717) is 23.4 Å². The molecule has 0 saturated heterocycles. The molecule has 1 aromatic carbocycles. The summed E-state index contributed by atoms with van der Waals surface area (Å²) in [4.78, 5) is 1.84. The lowest BCUT2D eigenvalue weighted by Crippen LogP contribution is -2.12. The molecular weight excluding hydrogens is 358 g/mol. The molecule has 0 spiro atoms. The van der Waals surface area contributed by atoms with Crippen LogP contribution in [0, 0.1) is 13.8 Å². The first-order chi connectivity index (χ1) is 11.9. The van der Waals surface area contributed by atoms with Crippen molar-refractivity contribution in [3.8, 4) is 10.8 Å². The van der Waals surface area contributed by atoms with Crippen LogP contribution >= 0.6 is 11.3 Å². The Morgan fingerprint density at radius 1 is 1.16 bits per heavy atom. The van der Waals surface area contributed by atoms with Gasteiger partial charge in [0.05, 0.1) is 15.5 Å². The average molecular weight is 375 g/mol. The monoisotopic (exact) mass is 375 g/mol. The fraction of sp³-hybridized carbons (Fsp3) is 0.294. The third-order valence-electron chi connectivity index (χ3n) is 4.07. The van der Waals surface area contributed by atoms with E-state index < -0.39 is 10.0 Å². The Hall–Kier alpha value is -2.19. The largest absolute Gasteiger partial charge is 0.420 e. The van der Waals surface area contributed by atoms with Crippen LogP contribution in [0.2, 0.25) is 0 Å². The SMILES string of the molecule is Cc1ccc(S(=O)(=O)Nc2cc(-c3nnc(C4CC4)o3)sc2C)cc1. The molecule has 25 heavy (non-hydrogen) atoms. The summed E-state index contributed by atoms with van der Waals surface area (Å²) >= 11 is 1.43. The quantitative estimate of drug-likeness (QED) is 0.726. The molecule has 8 heteroatoms. The molecule has 2 aromatic heterocycles. The maximum atomic E-state index is 12.6. The first-order valence-corrected chi connectivity index (χ1v) is 10.3. The summed E-state index contributed by atoms with van der Waals surface area (Å²) in [6, 6.07) is 8.49. The van der Waals surface area contributed by atoms with Gasteiger partial charge in [-0.3, -0.25) is 4.72 Å². The molecule has 1 aliphatic rings. The number of aryl methyl sites for hydroxylation is 2. The van der Waals surface area contributed by atoms with Gasteiger partial charge in [0.15, 0.2) is 0 Å². The van der Waals surface area contributed by atoms with Gasteiger partial charge in [-0.05, 0) is 44.9 Å². The van der Waals surface area contributed by atoms with E-state index in [1.165, 1.54) is 11.3 Å².